The summed E-state index contributed by atoms with van der Waals surface area (Å²) in [5, 5.41) is 7.64. The topological polar surface area (TPSA) is 99.0 Å². The number of rotatable bonds is 6. The van der Waals surface area contributed by atoms with Gasteiger partial charge in [0.1, 0.15) is 0 Å². The van der Waals surface area contributed by atoms with E-state index >= 15 is 0 Å². The first-order valence-electron chi connectivity index (χ1n) is 6.92. The number of aryl methyl sites for hydroxylation is 3. The fourth-order valence-corrected chi connectivity index (χ4v) is 2.29. The summed E-state index contributed by atoms with van der Waals surface area (Å²) in [5.74, 6) is -0.515. The second-order valence-electron chi connectivity index (χ2n) is 5.06. The number of anilines is 2. The molecule has 0 spiro atoms. The second-order valence-corrected chi connectivity index (χ2v) is 5.06. The van der Waals surface area contributed by atoms with Crippen molar-refractivity contribution in [2.75, 3.05) is 17.6 Å². The van der Waals surface area contributed by atoms with E-state index in [-0.39, 0.29) is 0 Å². The first-order chi connectivity index (χ1) is 9.99. The maximum atomic E-state index is 11.2. The molecule has 1 aromatic carbocycles. The molecule has 1 aromatic heterocycles. The van der Waals surface area contributed by atoms with Crippen LogP contribution in [0, 0.1) is 13.8 Å². The first kappa shape index (κ1) is 14.9. The van der Waals surface area contributed by atoms with E-state index in [2.05, 4.69) is 16.5 Å². The monoisotopic (exact) mass is 287 g/mol. The molecule has 2 rings (SSSR count). The van der Waals surface area contributed by atoms with E-state index in [1.807, 2.05) is 24.6 Å². The summed E-state index contributed by atoms with van der Waals surface area (Å²) in [6.07, 6.45) is 0.905. The lowest BCUT2D eigenvalue weighted by atomic mass is 10.1. The average molecular weight is 287 g/mol. The zero-order valence-corrected chi connectivity index (χ0v) is 12.4. The van der Waals surface area contributed by atoms with Crippen molar-refractivity contribution < 1.29 is 4.79 Å². The lowest BCUT2D eigenvalue weighted by molar-refractivity contribution is 0.100. The Morgan fingerprint density at radius 2 is 2.14 bits per heavy atom. The van der Waals surface area contributed by atoms with Crippen molar-refractivity contribution in [1.82, 2.24) is 9.78 Å². The largest absolute Gasteiger partial charge is 0.396 e. The van der Waals surface area contributed by atoms with Gasteiger partial charge in [-0.15, -0.1) is 0 Å². The van der Waals surface area contributed by atoms with Gasteiger partial charge in [-0.1, -0.05) is 6.07 Å². The second kappa shape index (κ2) is 6.30. The predicted molar refractivity (Wildman–Crippen MR) is 84.2 cm³/mol. The number of primary amides is 1. The summed E-state index contributed by atoms with van der Waals surface area (Å²) in [6, 6.07) is 7.28. The molecule has 1 heterocycles. The third-order valence-corrected chi connectivity index (χ3v) is 3.34. The molecule has 0 bridgehead atoms. The van der Waals surface area contributed by atoms with Crippen molar-refractivity contribution in [3.63, 3.8) is 0 Å². The highest BCUT2D eigenvalue weighted by Gasteiger charge is 2.08. The molecule has 112 valence electrons. The maximum Gasteiger partial charge on any atom is 0.250 e. The number of nitrogens with zero attached hydrogens (tertiary/aromatic N) is 2. The molecule has 0 radical (unpaired) electrons. The van der Waals surface area contributed by atoms with E-state index in [0.29, 0.717) is 11.3 Å². The SMILES string of the molecule is Cc1cc(C)n(CCCNc2cccc(C(N)=O)c2N)n1. The van der Waals surface area contributed by atoms with Crippen LogP contribution in [0.5, 0.6) is 0 Å². The Hall–Kier alpha value is -2.50. The van der Waals surface area contributed by atoms with Crippen molar-refractivity contribution in [2.24, 2.45) is 5.73 Å². The molecule has 0 aliphatic heterocycles. The number of para-hydroxylation sites is 1. The Bertz CT molecular complexity index is 648. The molecule has 1 amide bonds. The third kappa shape index (κ3) is 3.53. The van der Waals surface area contributed by atoms with Gasteiger partial charge in [-0.25, -0.2) is 0 Å². The minimum absolute atomic E-state index is 0.346. The van der Waals surface area contributed by atoms with Gasteiger partial charge in [-0.05, 0) is 38.5 Å². The quantitative estimate of drug-likeness (QED) is 0.556. The summed E-state index contributed by atoms with van der Waals surface area (Å²) in [5.41, 5.74) is 14.9. The van der Waals surface area contributed by atoms with Crippen LogP contribution in [0.15, 0.2) is 24.3 Å². The number of carbonyl (C=O) groups excluding carboxylic acids is 1. The summed E-state index contributed by atoms with van der Waals surface area (Å²) in [6.45, 7) is 5.60. The number of nitrogens with one attached hydrogen (secondary N) is 1. The normalized spacial score (nSPS) is 10.6. The third-order valence-electron chi connectivity index (χ3n) is 3.34. The molecule has 0 fully saturated rings. The van der Waals surface area contributed by atoms with E-state index < -0.39 is 5.91 Å². The van der Waals surface area contributed by atoms with E-state index in [1.54, 1.807) is 12.1 Å². The summed E-state index contributed by atoms with van der Waals surface area (Å²) in [4.78, 5) is 11.2. The average Bonchev–Trinajstić information content (AvgIpc) is 2.74. The van der Waals surface area contributed by atoms with Gasteiger partial charge in [-0.2, -0.15) is 5.10 Å². The van der Waals surface area contributed by atoms with Gasteiger partial charge in [0.05, 0.1) is 22.6 Å². The minimum Gasteiger partial charge on any atom is -0.396 e. The number of nitrogens with two attached hydrogens (primary N) is 2. The van der Waals surface area contributed by atoms with Gasteiger partial charge in [-0.3, -0.25) is 9.48 Å². The minimum atomic E-state index is -0.515. The molecular weight excluding hydrogens is 266 g/mol. The van der Waals surface area contributed by atoms with Gasteiger partial charge in [0, 0.05) is 18.8 Å². The fourth-order valence-electron chi connectivity index (χ4n) is 2.29. The molecular formula is C15H21N5O. The molecule has 2 aromatic rings. The molecule has 6 heteroatoms. The van der Waals surface area contributed by atoms with Crippen LogP contribution in [0.3, 0.4) is 0 Å². The Kier molecular flexibility index (Phi) is 4.47. The zero-order chi connectivity index (χ0) is 15.4. The molecule has 6 nitrogen and oxygen atoms in total. The van der Waals surface area contributed by atoms with E-state index in [0.717, 1.165) is 36.6 Å². The smallest absolute Gasteiger partial charge is 0.250 e. The highest BCUT2D eigenvalue weighted by atomic mass is 16.1. The lowest BCUT2D eigenvalue weighted by Crippen LogP contribution is -2.15. The van der Waals surface area contributed by atoms with Crippen molar-refractivity contribution in [2.45, 2.75) is 26.8 Å². The number of carbonyl (C=O) groups is 1. The molecule has 5 N–H and O–H groups in total. The number of benzene rings is 1. The van der Waals surface area contributed by atoms with Crippen LogP contribution in [0.4, 0.5) is 11.4 Å². The van der Waals surface area contributed by atoms with Crippen LogP contribution >= 0.6 is 0 Å². The van der Waals surface area contributed by atoms with Crippen LogP contribution in [0.1, 0.15) is 28.2 Å². The number of amides is 1. The number of hydrogen-bond acceptors (Lipinski definition) is 4. The first-order valence-corrected chi connectivity index (χ1v) is 6.92. The molecule has 0 saturated carbocycles. The molecule has 0 aliphatic carbocycles. The number of nitrogen functional groups attached to an aromatic ring is 1. The van der Waals surface area contributed by atoms with Crippen LogP contribution in [0.2, 0.25) is 0 Å². The molecule has 21 heavy (non-hydrogen) atoms. The van der Waals surface area contributed by atoms with Gasteiger partial charge >= 0.3 is 0 Å². The van der Waals surface area contributed by atoms with Crippen molar-refractivity contribution in [3.8, 4) is 0 Å². The Balaban J connectivity index is 1.91. The Morgan fingerprint density at radius 1 is 1.38 bits per heavy atom. The number of aromatic nitrogens is 2. The fraction of sp³-hybridized carbons (Fsp3) is 0.333. The van der Waals surface area contributed by atoms with Crippen LogP contribution in [0.25, 0.3) is 0 Å². The van der Waals surface area contributed by atoms with E-state index in [1.165, 1.54) is 0 Å². The highest BCUT2D eigenvalue weighted by Crippen LogP contribution is 2.22. The maximum absolute atomic E-state index is 11.2. The van der Waals surface area contributed by atoms with Gasteiger partial charge in [0.25, 0.3) is 5.91 Å². The van der Waals surface area contributed by atoms with Crippen LogP contribution < -0.4 is 16.8 Å². The Labute approximate surface area is 124 Å². The van der Waals surface area contributed by atoms with Crippen molar-refractivity contribution in [1.29, 1.82) is 0 Å². The summed E-state index contributed by atoms with van der Waals surface area (Å²) < 4.78 is 1.99. The van der Waals surface area contributed by atoms with Gasteiger partial charge < -0.3 is 16.8 Å². The van der Waals surface area contributed by atoms with Crippen molar-refractivity contribution in [3.05, 3.63) is 41.2 Å². The van der Waals surface area contributed by atoms with Crippen LogP contribution in [-0.2, 0) is 6.54 Å². The summed E-state index contributed by atoms with van der Waals surface area (Å²) >= 11 is 0. The van der Waals surface area contributed by atoms with E-state index in [4.69, 9.17) is 11.5 Å². The molecule has 0 saturated heterocycles. The molecule has 0 aliphatic rings. The molecule has 0 atom stereocenters. The van der Waals surface area contributed by atoms with Gasteiger partial charge in [0.15, 0.2) is 0 Å². The van der Waals surface area contributed by atoms with Gasteiger partial charge in [0.2, 0.25) is 0 Å². The molecule has 0 unspecified atom stereocenters. The highest BCUT2D eigenvalue weighted by molar-refractivity contribution is 6.00. The van der Waals surface area contributed by atoms with E-state index in [9.17, 15) is 4.79 Å². The zero-order valence-electron chi connectivity index (χ0n) is 12.4. The summed E-state index contributed by atoms with van der Waals surface area (Å²) in [7, 11) is 0. The van der Waals surface area contributed by atoms with Crippen LogP contribution in [-0.4, -0.2) is 22.2 Å². The van der Waals surface area contributed by atoms with Crippen molar-refractivity contribution >= 4 is 17.3 Å². The Morgan fingerprint density at radius 3 is 2.76 bits per heavy atom. The lowest BCUT2D eigenvalue weighted by Gasteiger charge is -2.11. The predicted octanol–water partition coefficient (Wildman–Crippen LogP) is 1.68. The standard InChI is InChI=1S/C15H21N5O/c1-10-9-11(2)20(19-10)8-4-7-18-13-6-3-5-12(14(13)16)15(17)21/h3,5-6,9,18H,4,7-8,16H2,1-2H3,(H2,17,21). The number of hydrogen-bond donors (Lipinski definition) is 3.